The maximum Gasteiger partial charge on any atom is 0.249 e. The lowest BCUT2D eigenvalue weighted by molar-refractivity contribution is -0.136. The fourth-order valence-corrected chi connectivity index (χ4v) is 6.15. The van der Waals surface area contributed by atoms with Crippen LogP contribution in [0, 0.1) is 5.92 Å². The van der Waals surface area contributed by atoms with Crippen molar-refractivity contribution in [3.63, 3.8) is 0 Å². The van der Waals surface area contributed by atoms with Crippen LogP contribution < -0.4 is 21.3 Å². The van der Waals surface area contributed by atoms with Crippen LogP contribution in [0.25, 0.3) is 10.9 Å². The van der Waals surface area contributed by atoms with Gasteiger partial charge in [-0.2, -0.15) is 0 Å². The van der Waals surface area contributed by atoms with Gasteiger partial charge in [-0.05, 0) is 30.0 Å². The minimum atomic E-state index is -1.11. The summed E-state index contributed by atoms with van der Waals surface area (Å²) in [6.45, 7) is -0.258. The van der Waals surface area contributed by atoms with E-state index in [2.05, 4.69) is 26.3 Å². The lowest BCUT2D eigenvalue weighted by Crippen LogP contribution is -2.55. The first-order valence-electron chi connectivity index (χ1n) is 15.2. The van der Waals surface area contributed by atoms with Crippen LogP contribution in [0.5, 0.6) is 0 Å². The second kappa shape index (κ2) is 13.7. The highest BCUT2D eigenvalue weighted by molar-refractivity contribution is 5.98. The molecule has 0 unspecified atom stereocenters. The summed E-state index contributed by atoms with van der Waals surface area (Å²) < 4.78 is 0. The van der Waals surface area contributed by atoms with Gasteiger partial charge in [-0.15, -0.1) is 0 Å². The average molecular weight is 601 g/mol. The molecule has 0 spiro atoms. The molecule has 2 aromatic carbocycles. The standard InChI is InChI=1S/C33H40N6O5/c1-39(2)33(44)26(17-20-11-5-3-6-12-20)37-31(42)25-18-23-22-15-9-10-16-24(22)35-28(23)29(32(43)36-25)38-27(40)19-34-30(41)21-13-7-4-8-14-21/h3,5-6,9-12,15-16,21,25-26,29,35H,4,7-8,13-14,17-19H2,1-2H3,(H,34,41)(H,36,43)(H,37,42)(H,38,40)/t25-,26+,29-/m1/s1. The number of rotatable bonds is 9. The average Bonchev–Trinajstić information content (AvgIpc) is 3.33. The zero-order valence-corrected chi connectivity index (χ0v) is 25.2. The molecule has 0 saturated heterocycles. The molecule has 2 heterocycles. The van der Waals surface area contributed by atoms with E-state index in [1.54, 1.807) is 14.1 Å². The molecule has 5 rings (SSSR count). The molecule has 232 valence electrons. The Hall–Kier alpha value is -4.67. The quantitative estimate of drug-likeness (QED) is 0.254. The van der Waals surface area contributed by atoms with Gasteiger partial charge in [0, 0.05) is 43.8 Å². The Kier molecular flexibility index (Phi) is 9.62. The molecule has 5 amide bonds. The molecule has 11 nitrogen and oxygen atoms in total. The number of hydrogen-bond donors (Lipinski definition) is 5. The number of H-pyrrole nitrogens is 1. The molecule has 11 heteroatoms. The van der Waals surface area contributed by atoms with Crippen LogP contribution in [-0.4, -0.2) is 72.1 Å². The number of nitrogens with one attached hydrogen (secondary N) is 5. The first-order valence-corrected chi connectivity index (χ1v) is 15.2. The molecule has 2 aliphatic rings. The number of amides is 5. The van der Waals surface area contributed by atoms with E-state index in [0.717, 1.165) is 48.6 Å². The van der Waals surface area contributed by atoms with E-state index in [9.17, 15) is 24.0 Å². The predicted molar refractivity (Wildman–Crippen MR) is 165 cm³/mol. The normalized spacial score (nSPS) is 19.2. The van der Waals surface area contributed by atoms with Gasteiger partial charge in [-0.3, -0.25) is 24.0 Å². The number of benzene rings is 2. The number of fused-ring (bicyclic) bond motifs is 3. The molecule has 1 aliphatic carbocycles. The zero-order chi connectivity index (χ0) is 31.2. The summed E-state index contributed by atoms with van der Waals surface area (Å²) in [7, 11) is 3.26. The number of aromatic amines is 1. The summed E-state index contributed by atoms with van der Waals surface area (Å²) in [6.07, 6.45) is 5.18. The molecular formula is C33H40N6O5. The van der Waals surface area contributed by atoms with Crippen molar-refractivity contribution in [2.75, 3.05) is 20.6 Å². The van der Waals surface area contributed by atoms with Crippen LogP contribution in [0.1, 0.15) is 55.0 Å². The van der Waals surface area contributed by atoms with Gasteiger partial charge in [0.1, 0.15) is 18.1 Å². The van der Waals surface area contributed by atoms with E-state index < -0.39 is 35.8 Å². The second-order valence-electron chi connectivity index (χ2n) is 11.9. The minimum absolute atomic E-state index is 0.0950. The molecule has 1 aromatic heterocycles. The van der Waals surface area contributed by atoms with Crippen molar-refractivity contribution in [3.05, 3.63) is 71.4 Å². The topological polar surface area (TPSA) is 152 Å². The first kappa shape index (κ1) is 30.8. The minimum Gasteiger partial charge on any atom is -0.356 e. The largest absolute Gasteiger partial charge is 0.356 e. The molecule has 5 N–H and O–H groups in total. The third-order valence-electron chi connectivity index (χ3n) is 8.48. The molecule has 3 aromatic rings. The Morgan fingerprint density at radius 3 is 2.36 bits per heavy atom. The number of para-hydroxylation sites is 1. The molecule has 3 atom stereocenters. The third-order valence-corrected chi connectivity index (χ3v) is 8.48. The van der Waals surface area contributed by atoms with Crippen molar-refractivity contribution < 1.29 is 24.0 Å². The second-order valence-corrected chi connectivity index (χ2v) is 11.9. The SMILES string of the molecule is CN(C)C(=O)[C@H](Cc1ccccc1)NC(=O)[C@H]1Cc2c([nH]c3ccccc23)[C@@H](NC(=O)CNC(=O)C2CCCCC2)C(=O)N1. The van der Waals surface area contributed by atoms with E-state index in [4.69, 9.17) is 0 Å². The van der Waals surface area contributed by atoms with Gasteiger partial charge in [0.25, 0.3) is 0 Å². The Morgan fingerprint density at radius 2 is 1.64 bits per heavy atom. The molecule has 44 heavy (non-hydrogen) atoms. The lowest BCUT2D eigenvalue weighted by Gasteiger charge is -2.25. The predicted octanol–water partition coefficient (Wildman–Crippen LogP) is 1.88. The van der Waals surface area contributed by atoms with Crippen LogP contribution >= 0.6 is 0 Å². The maximum atomic E-state index is 13.7. The van der Waals surface area contributed by atoms with E-state index in [-0.39, 0.29) is 37.1 Å². The van der Waals surface area contributed by atoms with Gasteiger partial charge < -0.3 is 31.2 Å². The molecular weight excluding hydrogens is 560 g/mol. The molecule has 0 radical (unpaired) electrons. The van der Waals surface area contributed by atoms with Gasteiger partial charge >= 0.3 is 0 Å². The number of aromatic nitrogens is 1. The summed E-state index contributed by atoms with van der Waals surface area (Å²) in [4.78, 5) is 70.7. The number of carbonyl (C=O) groups excluding carboxylic acids is 5. The van der Waals surface area contributed by atoms with E-state index >= 15 is 0 Å². The Balaban J connectivity index is 1.34. The maximum absolute atomic E-state index is 13.7. The Labute approximate surface area is 256 Å². The lowest BCUT2D eigenvalue weighted by atomic mass is 9.89. The van der Waals surface area contributed by atoms with Crippen molar-refractivity contribution in [2.24, 2.45) is 5.92 Å². The summed E-state index contributed by atoms with van der Waals surface area (Å²) in [5.41, 5.74) is 2.85. The van der Waals surface area contributed by atoms with Crippen molar-refractivity contribution in [1.29, 1.82) is 0 Å². The van der Waals surface area contributed by atoms with E-state index in [1.807, 2.05) is 54.6 Å². The van der Waals surface area contributed by atoms with E-state index in [1.165, 1.54) is 4.90 Å². The van der Waals surface area contributed by atoms with Crippen LogP contribution in [0.3, 0.4) is 0 Å². The fraction of sp³-hybridized carbons (Fsp3) is 0.424. The summed E-state index contributed by atoms with van der Waals surface area (Å²) >= 11 is 0. The highest BCUT2D eigenvalue weighted by atomic mass is 16.2. The molecule has 1 fully saturated rings. The van der Waals surface area contributed by atoms with Crippen LogP contribution in [0.15, 0.2) is 54.6 Å². The van der Waals surface area contributed by atoms with E-state index in [0.29, 0.717) is 11.3 Å². The first-order chi connectivity index (χ1) is 21.2. The smallest absolute Gasteiger partial charge is 0.249 e. The molecule has 1 saturated carbocycles. The zero-order valence-electron chi connectivity index (χ0n) is 25.2. The Bertz CT molecular complexity index is 1530. The number of hydrogen-bond acceptors (Lipinski definition) is 5. The number of nitrogens with zero attached hydrogens (tertiary/aromatic N) is 1. The van der Waals surface area contributed by atoms with Gasteiger partial charge in [-0.25, -0.2) is 0 Å². The van der Waals surface area contributed by atoms with Gasteiger partial charge in [0.15, 0.2) is 0 Å². The van der Waals surface area contributed by atoms with Crippen molar-refractivity contribution in [3.8, 4) is 0 Å². The summed E-state index contributed by atoms with van der Waals surface area (Å²) in [6, 6.07) is 13.9. The van der Waals surface area contributed by atoms with Gasteiger partial charge in [0.2, 0.25) is 29.5 Å². The Morgan fingerprint density at radius 1 is 0.932 bits per heavy atom. The van der Waals surface area contributed by atoms with Crippen molar-refractivity contribution >= 4 is 40.4 Å². The highest BCUT2D eigenvalue weighted by Crippen LogP contribution is 2.30. The van der Waals surface area contributed by atoms with Crippen LogP contribution in [0.4, 0.5) is 0 Å². The monoisotopic (exact) mass is 600 g/mol. The highest BCUT2D eigenvalue weighted by Gasteiger charge is 2.37. The number of carbonyl (C=O) groups is 5. The van der Waals surface area contributed by atoms with Gasteiger partial charge in [0.05, 0.1) is 12.2 Å². The number of likely N-dealkylation sites (N-methyl/N-ethyl adjacent to an activating group) is 1. The van der Waals surface area contributed by atoms with Crippen LogP contribution in [-0.2, 0) is 36.8 Å². The summed E-state index contributed by atoms with van der Waals surface area (Å²) in [5, 5.41) is 12.0. The summed E-state index contributed by atoms with van der Waals surface area (Å²) in [5.74, 6) is -2.09. The van der Waals surface area contributed by atoms with Crippen molar-refractivity contribution in [2.45, 2.75) is 63.1 Å². The van der Waals surface area contributed by atoms with Crippen molar-refractivity contribution in [1.82, 2.24) is 31.2 Å². The fourth-order valence-electron chi connectivity index (χ4n) is 6.15. The molecule has 1 aliphatic heterocycles. The third kappa shape index (κ3) is 7.10. The van der Waals surface area contributed by atoms with Gasteiger partial charge in [-0.1, -0.05) is 67.8 Å². The molecule has 0 bridgehead atoms. The van der Waals surface area contributed by atoms with Crippen LogP contribution in [0.2, 0.25) is 0 Å².